The number of hydrogen-bond donors (Lipinski definition) is 1. The number of amides is 1. The van der Waals surface area contributed by atoms with Gasteiger partial charge in [0.1, 0.15) is 0 Å². The molecule has 1 amide bonds. The fourth-order valence-electron chi connectivity index (χ4n) is 1.92. The van der Waals surface area contributed by atoms with E-state index in [-0.39, 0.29) is 11.8 Å². The van der Waals surface area contributed by atoms with E-state index in [0.717, 1.165) is 5.56 Å². The first-order valence-corrected chi connectivity index (χ1v) is 6.10. The maximum absolute atomic E-state index is 11.0. The number of carbonyl (C=O) groups is 1. The molecule has 2 heteroatoms. The van der Waals surface area contributed by atoms with Crippen LogP contribution in [0.25, 0.3) is 11.1 Å². The summed E-state index contributed by atoms with van der Waals surface area (Å²) in [7, 11) is 0. The predicted molar refractivity (Wildman–Crippen MR) is 73.9 cm³/mol. The van der Waals surface area contributed by atoms with E-state index in [4.69, 9.17) is 5.73 Å². The summed E-state index contributed by atoms with van der Waals surface area (Å²) < 4.78 is 0. The Morgan fingerprint density at radius 2 is 1.56 bits per heavy atom. The normalized spacial score (nSPS) is 12.1. The lowest BCUT2D eigenvalue weighted by Gasteiger charge is -2.08. The quantitative estimate of drug-likeness (QED) is 0.875. The monoisotopic (exact) mass is 239 g/mol. The molecule has 92 valence electrons. The third-order valence-electron chi connectivity index (χ3n) is 3.09. The SMILES string of the molecule is C[C@@H](Cc1ccc(-c2ccccc2)cc1)C(N)=O. The lowest BCUT2D eigenvalue weighted by molar-refractivity contribution is -0.121. The zero-order valence-corrected chi connectivity index (χ0v) is 10.5. The van der Waals surface area contributed by atoms with Crippen LogP contribution in [0.1, 0.15) is 12.5 Å². The van der Waals surface area contributed by atoms with Gasteiger partial charge in [-0.15, -0.1) is 0 Å². The number of rotatable bonds is 4. The number of hydrogen-bond acceptors (Lipinski definition) is 1. The Morgan fingerprint density at radius 1 is 1.00 bits per heavy atom. The second-order valence-corrected chi connectivity index (χ2v) is 4.57. The highest BCUT2D eigenvalue weighted by molar-refractivity contribution is 5.76. The maximum Gasteiger partial charge on any atom is 0.220 e. The molecule has 0 unspecified atom stereocenters. The minimum absolute atomic E-state index is 0.118. The molecule has 18 heavy (non-hydrogen) atoms. The standard InChI is InChI=1S/C16H17NO/c1-12(16(17)18)11-13-7-9-15(10-8-13)14-5-3-2-4-6-14/h2-10,12H,11H2,1H3,(H2,17,18)/t12-/m0/s1. The fourth-order valence-corrected chi connectivity index (χ4v) is 1.92. The summed E-state index contributed by atoms with van der Waals surface area (Å²) in [4.78, 5) is 11.0. The molecule has 0 aromatic heterocycles. The first kappa shape index (κ1) is 12.4. The predicted octanol–water partition coefficient (Wildman–Crippen LogP) is 3.02. The molecular formula is C16H17NO. The van der Waals surface area contributed by atoms with Crippen LogP contribution in [0, 0.1) is 5.92 Å². The van der Waals surface area contributed by atoms with Crippen LogP contribution >= 0.6 is 0 Å². The molecule has 2 nitrogen and oxygen atoms in total. The number of benzene rings is 2. The van der Waals surface area contributed by atoms with Gasteiger partial charge in [0.05, 0.1) is 0 Å². The van der Waals surface area contributed by atoms with Crippen molar-refractivity contribution in [1.82, 2.24) is 0 Å². The zero-order chi connectivity index (χ0) is 13.0. The molecule has 0 saturated heterocycles. The van der Waals surface area contributed by atoms with Crippen molar-refractivity contribution in [2.75, 3.05) is 0 Å². The van der Waals surface area contributed by atoms with Crippen LogP contribution in [0.3, 0.4) is 0 Å². The van der Waals surface area contributed by atoms with E-state index in [2.05, 4.69) is 36.4 Å². The molecule has 2 aromatic rings. The van der Waals surface area contributed by atoms with Crippen LogP contribution in [0.5, 0.6) is 0 Å². The van der Waals surface area contributed by atoms with E-state index in [0.29, 0.717) is 6.42 Å². The van der Waals surface area contributed by atoms with Gasteiger partial charge in [-0.2, -0.15) is 0 Å². The molecule has 0 heterocycles. The van der Waals surface area contributed by atoms with Crippen molar-refractivity contribution in [2.24, 2.45) is 11.7 Å². The summed E-state index contributed by atoms with van der Waals surface area (Å²) in [6.07, 6.45) is 0.699. The zero-order valence-electron chi connectivity index (χ0n) is 10.5. The summed E-state index contributed by atoms with van der Waals surface area (Å²) in [6.45, 7) is 1.85. The second kappa shape index (κ2) is 5.50. The van der Waals surface area contributed by atoms with E-state index in [1.165, 1.54) is 11.1 Å². The lowest BCUT2D eigenvalue weighted by Crippen LogP contribution is -2.22. The minimum Gasteiger partial charge on any atom is -0.369 e. The van der Waals surface area contributed by atoms with Crippen molar-refractivity contribution in [2.45, 2.75) is 13.3 Å². The topological polar surface area (TPSA) is 43.1 Å². The molecule has 0 aliphatic heterocycles. The van der Waals surface area contributed by atoms with E-state index in [1.807, 2.05) is 25.1 Å². The molecule has 0 radical (unpaired) electrons. The molecule has 0 fully saturated rings. The van der Waals surface area contributed by atoms with Gasteiger partial charge in [0.2, 0.25) is 5.91 Å². The van der Waals surface area contributed by atoms with Crippen LogP contribution in [0.4, 0.5) is 0 Å². The van der Waals surface area contributed by atoms with Crippen molar-refractivity contribution >= 4 is 5.91 Å². The molecule has 0 spiro atoms. The third kappa shape index (κ3) is 2.98. The molecule has 2 rings (SSSR count). The van der Waals surface area contributed by atoms with Crippen LogP contribution in [0.15, 0.2) is 54.6 Å². The number of primary amides is 1. The summed E-state index contributed by atoms with van der Waals surface area (Å²) in [6, 6.07) is 18.5. The van der Waals surface area contributed by atoms with Gasteiger partial charge >= 0.3 is 0 Å². The average Bonchev–Trinajstić information content (AvgIpc) is 2.40. The number of carbonyl (C=O) groups excluding carboxylic acids is 1. The van der Waals surface area contributed by atoms with Gasteiger partial charge in [0, 0.05) is 5.92 Å². The minimum atomic E-state index is -0.248. The van der Waals surface area contributed by atoms with Crippen molar-refractivity contribution < 1.29 is 4.79 Å². The van der Waals surface area contributed by atoms with E-state index in [1.54, 1.807) is 0 Å². The maximum atomic E-state index is 11.0. The van der Waals surface area contributed by atoms with Gasteiger partial charge in [0.25, 0.3) is 0 Å². The van der Waals surface area contributed by atoms with Gasteiger partial charge in [-0.3, -0.25) is 4.79 Å². The summed E-state index contributed by atoms with van der Waals surface area (Å²) >= 11 is 0. The number of nitrogens with two attached hydrogens (primary N) is 1. The highest BCUT2D eigenvalue weighted by Crippen LogP contribution is 2.20. The van der Waals surface area contributed by atoms with E-state index < -0.39 is 0 Å². The Labute approximate surface area is 107 Å². The van der Waals surface area contributed by atoms with Gasteiger partial charge < -0.3 is 5.73 Å². The van der Waals surface area contributed by atoms with Crippen LogP contribution < -0.4 is 5.73 Å². The Bertz CT molecular complexity index is 517. The van der Waals surface area contributed by atoms with Crippen LogP contribution in [-0.2, 0) is 11.2 Å². The smallest absolute Gasteiger partial charge is 0.220 e. The average molecular weight is 239 g/mol. The fraction of sp³-hybridized carbons (Fsp3) is 0.188. The molecule has 2 aromatic carbocycles. The molecule has 0 saturated carbocycles. The van der Waals surface area contributed by atoms with E-state index in [9.17, 15) is 4.79 Å². The van der Waals surface area contributed by atoms with Gasteiger partial charge in [-0.25, -0.2) is 0 Å². The molecule has 0 bridgehead atoms. The summed E-state index contributed by atoms with van der Waals surface area (Å²) in [5, 5.41) is 0. The molecular weight excluding hydrogens is 222 g/mol. The van der Waals surface area contributed by atoms with Gasteiger partial charge in [0.15, 0.2) is 0 Å². The molecule has 0 aliphatic carbocycles. The first-order valence-electron chi connectivity index (χ1n) is 6.10. The van der Waals surface area contributed by atoms with Crippen molar-refractivity contribution in [1.29, 1.82) is 0 Å². The summed E-state index contributed by atoms with van der Waals surface area (Å²) in [5.74, 6) is -0.366. The Kier molecular flexibility index (Phi) is 3.78. The lowest BCUT2D eigenvalue weighted by atomic mass is 9.98. The Hall–Kier alpha value is -2.09. The molecule has 2 N–H and O–H groups in total. The third-order valence-corrected chi connectivity index (χ3v) is 3.09. The molecule has 0 aliphatic rings. The van der Waals surface area contributed by atoms with Gasteiger partial charge in [-0.1, -0.05) is 61.5 Å². The van der Waals surface area contributed by atoms with E-state index >= 15 is 0 Å². The highest BCUT2D eigenvalue weighted by Gasteiger charge is 2.09. The first-order chi connectivity index (χ1) is 8.66. The Balaban J connectivity index is 2.13. The second-order valence-electron chi connectivity index (χ2n) is 4.57. The highest BCUT2D eigenvalue weighted by atomic mass is 16.1. The summed E-state index contributed by atoms with van der Waals surface area (Å²) in [5.41, 5.74) is 8.79. The Morgan fingerprint density at radius 3 is 2.11 bits per heavy atom. The van der Waals surface area contributed by atoms with Crippen LogP contribution in [-0.4, -0.2) is 5.91 Å². The van der Waals surface area contributed by atoms with Gasteiger partial charge in [-0.05, 0) is 23.1 Å². The van der Waals surface area contributed by atoms with Crippen molar-refractivity contribution in [3.63, 3.8) is 0 Å². The van der Waals surface area contributed by atoms with Crippen molar-refractivity contribution in [3.05, 3.63) is 60.2 Å². The largest absolute Gasteiger partial charge is 0.369 e. The van der Waals surface area contributed by atoms with Crippen LogP contribution in [0.2, 0.25) is 0 Å². The van der Waals surface area contributed by atoms with Crippen molar-refractivity contribution in [3.8, 4) is 11.1 Å². The molecule has 1 atom stereocenters.